The summed E-state index contributed by atoms with van der Waals surface area (Å²) in [7, 11) is 1.66. The number of methoxy groups -OCH3 is 1. The SMILES string of the molecule is COC(C)COc1cccc(Cl)c1CCN. The second kappa shape index (κ2) is 6.74. The molecule has 0 aromatic heterocycles. The maximum Gasteiger partial charge on any atom is 0.124 e. The molecule has 0 radical (unpaired) electrons. The van der Waals surface area contributed by atoms with Gasteiger partial charge in [-0.05, 0) is 32.0 Å². The third kappa shape index (κ3) is 3.67. The van der Waals surface area contributed by atoms with Crippen molar-refractivity contribution in [2.45, 2.75) is 19.4 Å². The summed E-state index contributed by atoms with van der Waals surface area (Å²) in [5, 5.41) is 0.702. The molecule has 0 fully saturated rings. The van der Waals surface area contributed by atoms with E-state index < -0.39 is 0 Å². The first-order chi connectivity index (χ1) is 7.69. The van der Waals surface area contributed by atoms with Crippen LogP contribution in [0.1, 0.15) is 12.5 Å². The maximum absolute atomic E-state index is 6.09. The van der Waals surface area contributed by atoms with Crippen LogP contribution in [0.5, 0.6) is 5.75 Å². The van der Waals surface area contributed by atoms with Crippen LogP contribution in [0.3, 0.4) is 0 Å². The highest BCUT2D eigenvalue weighted by atomic mass is 35.5. The van der Waals surface area contributed by atoms with Crippen molar-refractivity contribution in [3.05, 3.63) is 28.8 Å². The zero-order valence-corrected chi connectivity index (χ0v) is 10.5. The van der Waals surface area contributed by atoms with Gasteiger partial charge in [-0.1, -0.05) is 17.7 Å². The Labute approximate surface area is 101 Å². The number of rotatable bonds is 6. The van der Waals surface area contributed by atoms with Crippen molar-refractivity contribution in [2.24, 2.45) is 5.73 Å². The highest BCUT2D eigenvalue weighted by Crippen LogP contribution is 2.26. The molecule has 0 bridgehead atoms. The van der Waals surface area contributed by atoms with E-state index in [2.05, 4.69) is 0 Å². The second-order valence-corrected chi connectivity index (χ2v) is 4.02. The lowest BCUT2D eigenvalue weighted by molar-refractivity contribution is 0.0713. The minimum absolute atomic E-state index is 0.0599. The molecular formula is C12H18ClNO2. The molecule has 4 heteroatoms. The normalized spacial score (nSPS) is 12.5. The first kappa shape index (κ1) is 13.3. The van der Waals surface area contributed by atoms with Gasteiger partial charge in [-0.15, -0.1) is 0 Å². The van der Waals surface area contributed by atoms with Gasteiger partial charge in [-0.3, -0.25) is 0 Å². The van der Waals surface area contributed by atoms with Crippen LogP contribution >= 0.6 is 11.6 Å². The van der Waals surface area contributed by atoms with Gasteiger partial charge in [0.1, 0.15) is 12.4 Å². The van der Waals surface area contributed by atoms with Gasteiger partial charge in [0, 0.05) is 17.7 Å². The van der Waals surface area contributed by atoms with Gasteiger partial charge in [-0.25, -0.2) is 0 Å². The average molecular weight is 244 g/mol. The molecule has 1 aromatic carbocycles. The number of benzene rings is 1. The fourth-order valence-corrected chi connectivity index (χ4v) is 1.60. The van der Waals surface area contributed by atoms with E-state index in [9.17, 15) is 0 Å². The smallest absolute Gasteiger partial charge is 0.124 e. The van der Waals surface area contributed by atoms with Crippen LogP contribution in [-0.4, -0.2) is 26.4 Å². The summed E-state index contributed by atoms with van der Waals surface area (Å²) >= 11 is 6.09. The predicted molar refractivity (Wildman–Crippen MR) is 66.2 cm³/mol. The Kier molecular flexibility index (Phi) is 5.60. The van der Waals surface area contributed by atoms with Crippen molar-refractivity contribution >= 4 is 11.6 Å². The summed E-state index contributed by atoms with van der Waals surface area (Å²) in [6.45, 7) is 3.02. The van der Waals surface area contributed by atoms with Crippen molar-refractivity contribution in [2.75, 3.05) is 20.3 Å². The van der Waals surface area contributed by atoms with E-state index in [0.29, 0.717) is 18.2 Å². The van der Waals surface area contributed by atoms with Gasteiger partial charge in [0.15, 0.2) is 0 Å². The van der Waals surface area contributed by atoms with Gasteiger partial charge in [0.2, 0.25) is 0 Å². The van der Waals surface area contributed by atoms with Crippen LogP contribution in [-0.2, 0) is 11.2 Å². The Morgan fingerprint density at radius 2 is 2.19 bits per heavy atom. The fraction of sp³-hybridized carbons (Fsp3) is 0.500. The number of halogens is 1. The minimum atomic E-state index is 0.0599. The molecule has 1 aromatic rings. The van der Waals surface area contributed by atoms with E-state index in [1.165, 1.54) is 0 Å². The number of hydrogen-bond donors (Lipinski definition) is 1. The van der Waals surface area contributed by atoms with E-state index in [1.807, 2.05) is 25.1 Å². The highest BCUT2D eigenvalue weighted by Gasteiger charge is 2.08. The summed E-state index contributed by atoms with van der Waals surface area (Å²) in [4.78, 5) is 0. The molecule has 0 saturated carbocycles. The first-order valence-corrected chi connectivity index (χ1v) is 5.70. The molecule has 1 unspecified atom stereocenters. The summed E-state index contributed by atoms with van der Waals surface area (Å²) < 4.78 is 10.8. The highest BCUT2D eigenvalue weighted by molar-refractivity contribution is 6.31. The Hall–Kier alpha value is -0.770. The van der Waals surface area contributed by atoms with E-state index >= 15 is 0 Å². The topological polar surface area (TPSA) is 44.5 Å². The zero-order valence-electron chi connectivity index (χ0n) is 9.70. The third-order valence-corrected chi connectivity index (χ3v) is 2.70. The second-order valence-electron chi connectivity index (χ2n) is 3.61. The minimum Gasteiger partial charge on any atom is -0.491 e. The van der Waals surface area contributed by atoms with Crippen LogP contribution in [0.15, 0.2) is 18.2 Å². The molecule has 2 N–H and O–H groups in total. The van der Waals surface area contributed by atoms with Gasteiger partial charge < -0.3 is 15.2 Å². The molecular weight excluding hydrogens is 226 g/mol. The Morgan fingerprint density at radius 1 is 1.44 bits per heavy atom. The van der Waals surface area contributed by atoms with Gasteiger partial charge in [-0.2, -0.15) is 0 Å². The molecule has 0 spiro atoms. The third-order valence-electron chi connectivity index (χ3n) is 2.35. The molecule has 0 aliphatic rings. The lowest BCUT2D eigenvalue weighted by Gasteiger charge is -2.15. The number of hydrogen-bond acceptors (Lipinski definition) is 3. The molecule has 0 amide bonds. The van der Waals surface area contributed by atoms with Crippen LogP contribution in [0.25, 0.3) is 0 Å². The standard InChI is InChI=1S/C12H18ClNO2/c1-9(15-2)8-16-12-5-3-4-11(13)10(12)6-7-14/h3-5,9H,6-8,14H2,1-2H3. The fourth-order valence-electron chi connectivity index (χ4n) is 1.34. The summed E-state index contributed by atoms with van der Waals surface area (Å²) in [5.74, 6) is 0.793. The lowest BCUT2D eigenvalue weighted by atomic mass is 10.1. The number of ether oxygens (including phenoxy) is 2. The maximum atomic E-state index is 6.09. The zero-order chi connectivity index (χ0) is 12.0. The molecule has 0 aliphatic carbocycles. The molecule has 0 aliphatic heterocycles. The largest absolute Gasteiger partial charge is 0.491 e. The molecule has 0 saturated heterocycles. The van der Waals surface area contributed by atoms with Crippen molar-refractivity contribution < 1.29 is 9.47 Å². The molecule has 1 rings (SSSR count). The Balaban J connectivity index is 2.74. The lowest BCUT2D eigenvalue weighted by Crippen LogP contribution is -2.17. The first-order valence-electron chi connectivity index (χ1n) is 5.32. The van der Waals surface area contributed by atoms with E-state index in [-0.39, 0.29) is 6.10 Å². The monoisotopic (exact) mass is 243 g/mol. The average Bonchev–Trinajstić information content (AvgIpc) is 2.29. The van der Waals surface area contributed by atoms with E-state index in [0.717, 1.165) is 17.7 Å². The van der Waals surface area contributed by atoms with E-state index in [1.54, 1.807) is 7.11 Å². The van der Waals surface area contributed by atoms with Gasteiger partial charge in [0.25, 0.3) is 0 Å². The predicted octanol–water partition coefficient (Wildman–Crippen LogP) is 2.25. The van der Waals surface area contributed by atoms with Crippen LogP contribution < -0.4 is 10.5 Å². The summed E-state index contributed by atoms with van der Waals surface area (Å²) in [6.07, 6.45) is 0.779. The molecule has 1 atom stereocenters. The van der Waals surface area contributed by atoms with Crippen LogP contribution in [0.4, 0.5) is 0 Å². The summed E-state index contributed by atoms with van der Waals surface area (Å²) in [5.41, 5.74) is 6.51. The Morgan fingerprint density at radius 3 is 2.81 bits per heavy atom. The van der Waals surface area contributed by atoms with Crippen LogP contribution in [0, 0.1) is 0 Å². The van der Waals surface area contributed by atoms with Crippen molar-refractivity contribution in [3.8, 4) is 5.75 Å². The Bertz CT molecular complexity index is 331. The van der Waals surface area contributed by atoms with E-state index in [4.69, 9.17) is 26.8 Å². The summed E-state index contributed by atoms with van der Waals surface area (Å²) in [6, 6.07) is 5.62. The van der Waals surface area contributed by atoms with Crippen molar-refractivity contribution in [1.82, 2.24) is 0 Å². The van der Waals surface area contributed by atoms with Crippen molar-refractivity contribution in [1.29, 1.82) is 0 Å². The van der Waals surface area contributed by atoms with Crippen molar-refractivity contribution in [3.63, 3.8) is 0 Å². The quantitative estimate of drug-likeness (QED) is 0.834. The van der Waals surface area contributed by atoms with Gasteiger partial charge >= 0.3 is 0 Å². The van der Waals surface area contributed by atoms with Gasteiger partial charge in [0.05, 0.1) is 6.10 Å². The van der Waals surface area contributed by atoms with Crippen LogP contribution in [0.2, 0.25) is 5.02 Å². The number of nitrogens with two attached hydrogens (primary N) is 1. The molecule has 3 nitrogen and oxygen atoms in total. The molecule has 16 heavy (non-hydrogen) atoms. The molecule has 0 heterocycles. The molecule has 90 valence electrons.